The van der Waals surface area contributed by atoms with Gasteiger partial charge in [0.05, 0.1) is 0 Å². The topological polar surface area (TPSA) is 39.0 Å². The Bertz CT molecular complexity index is 647. The molecule has 4 nitrogen and oxygen atoms in total. The maximum Gasteiger partial charge on any atom is 0.274 e. The molecule has 1 atom stereocenters. The van der Waals surface area contributed by atoms with Crippen LogP contribution in [0.15, 0.2) is 29.3 Å². The largest absolute Gasteiger partial charge is 0.342 e. The molecule has 3 heterocycles. The lowest BCUT2D eigenvalue weighted by molar-refractivity contribution is 0.204. The average molecular weight is 259 g/mol. The minimum Gasteiger partial charge on any atom is -0.342 e. The van der Waals surface area contributed by atoms with Gasteiger partial charge in [-0.2, -0.15) is 0 Å². The summed E-state index contributed by atoms with van der Waals surface area (Å²) in [4.78, 5) is 12.3. The number of hydrogen-bond donors (Lipinski definition) is 1. The van der Waals surface area contributed by atoms with Crippen molar-refractivity contribution in [2.75, 3.05) is 13.1 Å². The van der Waals surface area contributed by atoms with Gasteiger partial charge in [0.1, 0.15) is 5.52 Å². The zero-order valence-electron chi connectivity index (χ0n) is 11.6. The molecular weight excluding hydrogens is 238 g/mol. The summed E-state index contributed by atoms with van der Waals surface area (Å²) in [6.45, 7) is 5.35. The second-order valence-corrected chi connectivity index (χ2v) is 6.07. The highest BCUT2D eigenvalue weighted by Crippen LogP contribution is 2.28. The summed E-state index contributed by atoms with van der Waals surface area (Å²) in [5.74, 6) is 0. The third-order valence-electron chi connectivity index (χ3n) is 4.23. The van der Waals surface area contributed by atoms with E-state index >= 15 is 0 Å². The van der Waals surface area contributed by atoms with Gasteiger partial charge in [-0.15, -0.1) is 0 Å². The highest BCUT2D eigenvalue weighted by molar-refractivity contribution is 5.78. The fourth-order valence-electron chi connectivity index (χ4n) is 3.09. The van der Waals surface area contributed by atoms with Crippen LogP contribution in [0.2, 0.25) is 0 Å². The van der Waals surface area contributed by atoms with Crippen LogP contribution in [0.4, 0.5) is 0 Å². The summed E-state index contributed by atoms with van der Waals surface area (Å²) in [6.07, 6.45) is 6.31. The number of nitrogens with zero attached hydrogens (tertiary/aromatic N) is 2. The van der Waals surface area contributed by atoms with Crippen LogP contribution in [0, 0.1) is 5.41 Å². The Kier molecular flexibility index (Phi) is 2.97. The van der Waals surface area contributed by atoms with Gasteiger partial charge < -0.3 is 14.5 Å². The maximum absolute atomic E-state index is 12.3. The van der Waals surface area contributed by atoms with E-state index in [2.05, 4.69) is 16.8 Å². The van der Waals surface area contributed by atoms with E-state index in [9.17, 15) is 4.79 Å². The molecule has 2 aromatic heterocycles. The molecule has 0 bridgehead atoms. The summed E-state index contributed by atoms with van der Waals surface area (Å²) in [5, 5.41) is 4.50. The van der Waals surface area contributed by atoms with E-state index in [4.69, 9.17) is 0 Å². The van der Waals surface area contributed by atoms with Crippen LogP contribution in [0.1, 0.15) is 19.8 Å². The Morgan fingerprint density at radius 3 is 2.89 bits per heavy atom. The zero-order valence-corrected chi connectivity index (χ0v) is 11.6. The number of rotatable bonds is 2. The van der Waals surface area contributed by atoms with E-state index in [0.29, 0.717) is 0 Å². The number of fused-ring (bicyclic) bond motifs is 1. The number of piperidine rings is 1. The molecule has 19 heavy (non-hydrogen) atoms. The number of pyridine rings is 1. The molecule has 0 spiro atoms. The molecule has 1 N–H and O–H groups in total. The first-order valence-electron chi connectivity index (χ1n) is 6.94. The van der Waals surface area contributed by atoms with Gasteiger partial charge in [-0.25, -0.2) is 0 Å². The molecule has 0 saturated carbocycles. The molecule has 102 valence electrons. The van der Waals surface area contributed by atoms with Crippen molar-refractivity contribution < 1.29 is 0 Å². The molecule has 1 aliphatic rings. The smallest absolute Gasteiger partial charge is 0.274 e. The average Bonchev–Trinajstić information content (AvgIpc) is 2.78. The van der Waals surface area contributed by atoms with Crippen molar-refractivity contribution in [2.45, 2.75) is 26.3 Å². The van der Waals surface area contributed by atoms with Gasteiger partial charge in [0.2, 0.25) is 0 Å². The van der Waals surface area contributed by atoms with E-state index in [0.717, 1.165) is 30.5 Å². The predicted octanol–water partition coefficient (Wildman–Crippen LogP) is 1.73. The second kappa shape index (κ2) is 4.53. The predicted molar refractivity (Wildman–Crippen MR) is 77.4 cm³/mol. The van der Waals surface area contributed by atoms with Crippen LogP contribution in [0.3, 0.4) is 0 Å². The van der Waals surface area contributed by atoms with Crippen LogP contribution >= 0.6 is 0 Å². The monoisotopic (exact) mass is 259 g/mol. The molecule has 1 saturated heterocycles. The van der Waals surface area contributed by atoms with Crippen LogP contribution in [-0.4, -0.2) is 22.2 Å². The van der Waals surface area contributed by atoms with Gasteiger partial charge in [-0.1, -0.05) is 6.92 Å². The Labute approximate surface area is 113 Å². The lowest BCUT2D eigenvalue weighted by atomic mass is 9.82. The van der Waals surface area contributed by atoms with Crippen molar-refractivity contribution in [3.05, 3.63) is 34.9 Å². The van der Waals surface area contributed by atoms with Crippen molar-refractivity contribution in [2.24, 2.45) is 12.5 Å². The van der Waals surface area contributed by atoms with E-state index in [1.165, 1.54) is 12.8 Å². The van der Waals surface area contributed by atoms with Gasteiger partial charge in [-0.05, 0) is 36.9 Å². The molecule has 0 aliphatic carbocycles. The van der Waals surface area contributed by atoms with Gasteiger partial charge in [0.25, 0.3) is 5.56 Å². The normalized spacial score (nSPS) is 23.9. The summed E-state index contributed by atoms with van der Waals surface area (Å²) in [7, 11) is 1.81. The van der Waals surface area contributed by atoms with E-state index in [-0.39, 0.29) is 11.0 Å². The third-order valence-corrected chi connectivity index (χ3v) is 4.23. The van der Waals surface area contributed by atoms with Gasteiger partial charge in [-0.3, -0.25) is 4.79 Å². The lowest BCUT2D eigenvalue weighted by Crippen LogP contribution is -2.40. The Morgan fingerprint density at radius 2 is 2.16 bits per heavy atom. The molecular formula is C15H21N3O. The van der Waals surface area contributed by atoms with Crippen molar-refractivity contribution in [1.82, 2.24) is 14.5 Å². The number of nitrogens with one attached hydrogen (secondary N) is 1. The van der Waals surface area contributed by atoms with Crippen molar-refractivity contribution in [3.63, 3.8) is 0 Å². The van der Waals surface area contributed by atoms with Gasteiger partial charge >= 0.3 is 0 Å². The van der Waals surface area contributed by atoms with E-state index < -0.39 is 0 Å². The van der Waals surface area contributed by atoms with Crippen LogP contribution in [-0.2, 0) is 13.6 Å². The lowest BCUT2D eigenvalue weighted by Gasteiger charge is -2.34. The first-order valence-corrected chi connectivity index (χ1v) is 6.94. The fourth-order valence-corrected chi connectivity index (χ4v) is 3.09. The van der Waals surface area contributed by atoms with Crippen molar-refractivity contribution in [3.8, 4) is 0 Å². The Balaban J connectivity index is 2.01. The molecule has 0 radical (unpaired) electrons. The standard InChI is InChI=1S/C15H21N3O/c1-15(6-3-7-16-10-15)11-18-9-5-12-4-8-17(2)14(19)13(12)18/h4-5,8-9,16H,3,6-7,10-11H2,1-2H3. The minimum atomic E-state index is 0.0925. The van der Waals surface area contributed by atoms with Crippen molar-refractivity contribution in [1.29, 1.82) is 0 Å². The van der Waals surface area contributed by atoms with Crippen LogP contribution in [0.5, 0.6) is 0 Å². The van der Waals surface area contributed by atoms with Crippen LogP contribution in [0.25, 0.3) is 10.9 Å². The molecule has 4 heteroatoms. The first kappa shape index (κ1) is 12.5. The number of aromatic nitrogens is 2. The molecule has 1 aliphatic heterocycles. The minimum absolute atomic E-state index is 0.0925. The second-order valence-electron chi connectivity index (χ2n) is 6.07. The maximum atomic E-state index is 12.3. The quantitative estimate of drug-likeness (QED) is 0.892. The van der Waals surface area contributed by atoms with Crippen LogP contribution < -0.4 is 10.9 Å². The Morgan fingerprint density at radius 1 is 1.37 bits per heavy atom. The summed E-state index contributed by atoms with van der Waals surface area (Å²) < 4.78 is 3.78. The Hall–Kier alpha value is -1.55. The summed E-state index contributed by atoms with van der Waals surface area (Å²) in [5.41, 5.74) is 1.16. The third kappa shape index (κ3) is 2.21. The molecule has 0 amide bonds. The SMILES string of the molecule is Cn1ccc2ccn(CC3(C)CCCNC3)c2c1=O. The molecule has 1 fully saturated rings. The summed E-state index contributed by atoms with van der Waals surface area (Å²) >= 11 is 0. The zero-order chi connectivity index (χ0) is 13.5. The van der Waals surface area contributed by atoms with E-state index in [1.807, 2.05) is 31.6 Å². The fraction of sp³-hybridized carbons (Fsp3) is 0.533. The molecule has 2 aromatic rings. The first-order chi connectivity index (χ1) is 9.09. The highest BCUT2D eigenvalue weighted by atomic mass is 16.1. The van der Waals surface area contributed by atoms with Gasteiger partial charge in [0.15, 0.2) is 0 Å². The molecule has 0 aromatic carbocycles. The number of aryl methyl sites for hydroxylation is 1. The molecule has 3 rings (SSSR count). The van der Waals surface area contributed by atoms with Crippen molar-refractivity contribution >= 4 is 10.9 Å². The summed E-state index contributed by atoms with van der Waals surface area (Å²) in [6, 6.07) is 4.05. The van der Waals surface area contributed by atoms with Gasteiger partial charge in [0, 0.05) is 37.9 Å². The number of hydrogen-bond acceptors (Lipinski definition) is 2. The molecule has 1 unspecified atom stereocenters. The highest BCUT2D eigenvalue weighted by Gasteiger charge is 2.27. The van der Waals surface area contributed by atoms with E-state index in [1.54, 1.807) is 4.57 Å².